The van der Waals surface area contributed by atoms with E-state index in [1.807, 2.05) is 37.4 Å². The highest BCUT2D eigenvalue weighted by Crippen LogP contribution is 2.30. The molecule has 0 spiro atoms. The summed E-state index contributed by atoms with van der Waals surface area (Å²) < 4.78 is 32.5. The Morgan fingerprint density at radius 1 is 1.12 bits per heavy atom. The number of aldehydes is 2. The van der Waals surface area contributed by atoms with Crippen LogP contribution in [0.1, 0.15) is 57.8 Å². The Morgan fingerprint density at radius 3 is 2.48 bits per heavy atom. The van der Waals surface area contributed by atoms with E-state index in [-0.39, 0.29) is 29.7 Å². The maximum atomic E-state index is 12.8. The van der Waals surface area contributed by atoms with Crippen LogP contribution in [-0.2, 0) is 13.2 Å². The number of likely N-dealkylation sites (tertiary alicyclic amines) is 1. The summed E-state index contributed by atoms with van der Waals surface area (Å²) in [6, 6.07) is 13.0. The minimum absolute atomic E-state index is 0.0357. The van der Waals surface area contributed by atoms with Crippen LogP contribution in [0.5, 0.6) is 5.75 Å². The molecule has 2 aromatic carbocycles. The third kappa shape index (κ3) is 7.58. The first-order chi connectivity index (χ1) is 19.2. The monoisotopic (exact) mass is 551 g/mol. The van der Waals surface area contributed by atoms with Crippen molar-refractivity contribution in [3.63, 3.8) is 0 Å². The molecule has 2 heterocycles. The number of carbonyl (C=O) groups is 2. The number of benzene rings is 2. The Balaban J connectivity index is 0.000000336. The van der Waals surface area contributed by atoms with Gasteiger partial charge < -0.3 is 19.5 Å². The first-order valence-corrected chi connectivity index (χ1v) is 13.0. The van der Waals surface area contributed by atoms with E-state index in [0.717, 1.165) is 30.0 Å². The number of aromatic nitrogens is 1. The lowest BCUT2D eigenvalue weighted by molar-refractivity contribution is 0.109. The van der Waals surface area contributed by atoms with E-state index in [0.29, 0.717) is 37.3 Å². The summed E-state index contributed by atoms with van der Waals surface area (Å²) in [7, 11) is 3.73. The van der Waals surface area contributed by atoms with Gasteiger partial charge in [-0.05, 0) is 45.5 Å². The fourth-order valence-corrected chi connectivity index (χ4v) is 4.47. The number of pyridine rings is 1. The van der Waals surface area contributed by atoms with Crippen LogP contribution in [0.4, 0.5) is 8.78 Å². The van der Waals surface area contributed by atoms with Crippen LogP contribution < -0.4 is 15.5 Å². The Bertz CT molecular complexity index is 1390. The zero-order valence-electron chi connectivity index (χ0n) is 23.0. The molecule has 212 valence electrons. The lowest BCUT2D eigenvalue weighted by Gasteiger charge is -2.28. The minimum Gasteiger partial charge on any atom is -0.483 e. The lowest BCUT2D eigenvalue weighted by Crippen LogP contribution is -2.34. The third-order valence-electron chi connectivity index (χ3n) is 7.01. The summed E-state index contributed by atoms with van der Waals surface area (Å²) in [6.45, 7) is 7.53. The van der Waals surface area contributed by atoms with E-state index < -0.39 is 17.1 Å². The topological polar surface area (TPSA) is 80.6 Å². The average molecular weight is 552 g/mol. The number of likely N-dealkylation sites (N-methyl/N-ethyl adjacent to an activating group) is 1. The molecule has 0 amide bonds. The third-order valence-corrected chi connectivity index (χ3v) is 7.01. The standard InChI is InChI=1S/C23H26N2O4.C8H9F2N/c1-16-9-10-17(2)24(3)12-20(16)25-11-19(13-26)22(28)23(21(25)14-27)29-15-18-7-5-4-6-8-18;1-11-5-6-2-3-7(9)4-8(6)10/h4-8,11,13-14,17,20H,1,9-10,12,15H2,2-3H3;2-4,11H,5H2,1H3. The normalized spacial score (nSPS) is 17.4. The van der Waals surface area contributed by atoms with E-state index >= 15 is 0 Å². The highest BCUT2D eigenvalue weighted by atomic mass is 19.1. The van der Waals surface area contributed by atoms with Crippen LogP contribution in [0.25, 0.3) is 0 Å². The molecule has 1 aromatic heterocycles. The lowest BCUT2D eigenvalue weighted by atomic mass is 10.0. The highest BCUT2D eigenvalue weighted by molar-refractivity contribution is 5.81. The number of nitrogens with one attached hydrogen (secondary N) is 1. The Morgan fingerprint density at radius 2 is 1.85 bits per heavy atom. The first kappa shape index (κ1) is 30.6. The molecule has 0 saturated carbocycles. The van der Waals surface area contributed by atoms with Crippen LogP contribution in [0.3, 0.4) is 0 Å². The molecule has 1 aliphatic rings. The molecule has 2 unspecified atom stereocenters. The number of hydrogen-bond donors (Lipinski definition) is 1. The van der Waals surface area contributed by atoms with Crippen LogP contribution in [-0.4, -0.2) is 48.7 Å². The highest BCUT2D eigenvalue weighted by Gasteiger charge is 2.28. The van der Waals surface area contributed by atoms with Gasteiger partial charge in [0.2, 0.25) is 5.43 Å². The molecule has 3 aromatic rings. The van der Waals surface area contributed by atoms with E-state index in [2.05, 4.69) is 23.7 Å². The van der Waals surface area contributed by atoms with Crippen LogP contribution in [0.2, 0.25) is 0 Å². The first-order valence-electron chi connectivity index (χ1n) is 13.0. The van der Waals surface area contributed by atoms with Gasteiger partial charge in [0.15, 0.2) is 18.3 Å². The van der Waals surface area contributed by atoms with Crippen molar-refractivity contribution in [3.05, 3.63) is 111 Å². The van der Waals surface area contributed by atoms with Gasteiger partial charge in [0, 0.05) is 37.0 Å². The molecule has 1 saturated heterocycles. The van der Waals surface area contributed by atoms with Crippen molar-refractivity contribution < 1.29 is 23.1 Å². The summed E-state index contributed by atoms with van der Waals surface area (Å²) >= 11 is 0. The van der Waals surface area contributed by atoms with Gasteiger partial charge in [-0.15, -0.1) is 0 Å². The number of nitrogens with zero attached hydrogens (tertiary/aromatic N) is 2. The number of carbonyl (C=O) groups excluding carboxylic acids is 2. The molecule has 1 N–H and O–H groups in total. The molecule has 0 aliphatic carbocycles. The summed E-state index contributed by atoms with van der Waals surface area (Å²) in [4.78, 5) is 38.5. The zero-order valence-corrected chi connectivity index (χ0v) is 23.0. The van der Waals surface area contributed by atoms with Crippen molar-refractivity contribution in [2.45, 2.75) is 45.0 Å². The average Bonchev–Trinajstić information content (AvgIpc) is 3.08. The summed E-state index contributed by atoms with van der Waals surface area (Å²) in [5.41, 5.74) is 1.82. The van der Waals surface area contributed by atoms with Crippen molar-refractivity contribution in [1.29, 1.82) is 0 Å². The van der Waals surface area contributed by atoms with E-state index in [9.17, 15) is 23.2 Å². The zero-order chi connectivity index (χ0) is 29.2. The second-order valence-electron chi connectivity index (χ2n) is 9.81. The maximum Gasteiger partial charge on any atom is 0.234 e. The van der Waals surface area contributed by atoms with Crippen molar-refractivity contribution in [3.8, 4) is 5.75 Å². The summed E-state index contributed by atoms with van der Waals surface area (Å²) in [5.74, 6) is -1.14. The van der Waals surface area contributed by atoms with E-state index in [1.165, 1.54) is 18.3 Å². The molecule has 7 nitrogen and oxygen atoms in total. The fraction of sp³-hybridized carbons (Fsp3) is 0.323. The van der Waals surface area contributed by atoms with Gasteiger partial charge in [-0.2, -0.15) is 0 Å². The fourth-order valence-electron chi connectivity index (χ4n) is 4.47. The Labute approximate surface area is 233 Å². The Kier molecular flexibility index (Phi) is 11.0. The molecule has 0 radical (unpaired) electrons. The molecule has 40 heavy (non-hydrogen) atoms. The maximum absolute atomic E-state index is 12.8. The van der Waals surface area contributed by atoms with E-state index in [4.69, 9.17) is 4.74 Å². The van der Waals surface area contributed by atoms with Gasteiger partial charge in [0.1, 0.15) is 23.9 Å². The SMILES string of the molecule is C=C1CCC(C)N(C)CC1n1cc(C=O)c(=O)c(OCc2ccccc2)c1C=O.CNCc1ccc(F)cc1F. The van der Waals surface area contributed by atoms with Crippen molar-refractivity contribution in [2.75, 3.05) is 20.6 Å². The molecule has 2 atom stereocenters. The molecular weight excluding hydrogens is 516 g/mol. The molecule has 1 fully saturated rings. The number of halogens is 2. The predicted molar refractivity (Wildman–Crippen MR) is 151 cm³/mol. The van der Waals surface area contributed by atoms with Gasteiger partial charge in [0.05, 0.1) is 11.6 Å². The summed E-state index contributed by atoms with van der Waals surface area (Å²) in [5, 5.41) is 2.78. The quantitative estimate of drug-likeness (QED) is 0.315. The van der Waals surface area contributed by atoms with Gasteiger partial charge in [-0.3, -0.25) is 14.4 Å². The van der Waals surface area contributed by atoms with Crippen molar-refractivity contribution >= 4 is 12.6 Å². The summed E-state index contributed by atoms with van der Waals surface area (Å²) in [6.07, 6.45) is 4.35. The smallest absolute Gasteiger partial charge is 0.234 e. The second-order valence-corrected chi connectivity index (χ2v) is 9.81. The molecule has 1 aliphatic heterocycles. The predicted octanol–water partition coefficient (Wildman–Crippen LogP) is 4.95. The number of ether oxygens (including phenoxy) is 1. The number of rotatable bonds is 8. The largest absolute Gasteiger partial charge is 0.483 e. The molecule has 4 rings (SSSR count). The van der Waals surface area contributed by atoms with Gasteiger partial charge >= 0.3 is 0 Å². The van der Waals surface area contributed by atoms with Crippen LogP contribution in [0, 0.1) is 11.6 Å². The molecule has 0 bridgehead atoms. The van der Waals surface area contributed by atoms with Gasteiger partial charge in [-0.25, -0.2) is 8.78 Å². The van der Waals surface area contributed by atoms with Crippen LogP contribution >= 0.6 is 0 Å². The molecule has 9 heteroatoms. The Hall–Kier alpha value is -3.95. The van der Waals surface area contributed by atoms with Crippen LogP contribution in [0.15, 0.2) is 71.7 Å². The second kappa shape index (κ2) is 14.4. The van der Waals surface area contributed by atoms with Crippen molar-refractivity contribution in [1.82, 2.24) is 14.8 Å². The molecular formula is C31H35F2N3O4. The van der Waals surface area contributed by atoms with Gasteiger partial charge in [0.25, 0.3) is 0 Å². The van der Waals surface area contributed by atoms with Crippen molar-refractivity contribution in [2.24, 2.45) is 0 Å². The minimum atomic E-state index is -0.574. The van der Waals surface area contributed by atoms with E-state index in [1.54, 1.807) is 11.6 Å². The number of hydrogen-bond acceptors (Lipinski definition) is 6. The van der Waals surface area contributed by atoms with Gasteiger partial charge in [-0.1, -0.05) is 48.6 Å².